The molecule has 2 bridgehead atoms. The largest absolute Gasteiger partial charge is 0.508 e. The van der Waals surface area contributed by atoms with Crippen LogP contribution in [0.1, 0.15) is 42.4 Å². The van der Waals surface area contributed by atoms with E-state index >= 15 is 0 Å². The van der Waals surface area contributed by atoms with Crippen molar-refractivity contribution in [2.75, 3.05) is 20.6 Å². The minimum atomic E-state index is -0.853. The first-order chi connectivity index (χ1) is 14.8. The molecule has 1 aromatic heterocycles. The number of aromatic hydroxyl groups is 1. The minimum Gasteiger partial charge on any atom is -0.508 e. The first-order valence-corrected chi connectivity index (χ1v) is 11.1. The lowest BCUT2D eigenvalue weighted by molar-refractivity contribution is -0.172. The molecule has 1 saturated carbocycles. The molecule has 31 heavy (non-hydrogen) atoms. The number of furan rings is 1. The van der Waals surface area contributed by atoms with Gasteiger partial charge in [0, 0.05) is 36.2 Å². The summed E-state index contributed by atoms with van der Waals surface area (Å²) in [6.45, 7) is 0.896. The minimum absolute atomic E-state index is 0.0270. The molecule has 2 aliphatic carbocycles. The third kappa shape index (κ3) is 3.04. The summed E-state index contributed by atoms with van der Waals surface area (Å²) in [4.78, 5) is 17.0. The zero-order valence-electron chi connectivity index (χ0n) is 18.1. The Hall–Kier alpha value is -2.57. The normalized spacial score (nSPS) is 32.5. The molecular formula is C25H30N2O4. The van der Waals surface area contributed by atoms with E-state index in [1.807, 2.05) is 30.1 Å². The number of benzene rings is 1. The van der Waals surface area contributed by atoms with Gasteiger partial charge < -0.3 is 24.4 Å². The van der Waals surface area contributed by atoms with Crippen LogP contribution >= 0.6 is 0 Å². The molecule has 2 N–H and O–H groups in total. The monoisotopic (exact) mass is 422 g/mol. The van der Waals surface area contributed by atoms with E-state index in [1.165, 1.54) is 5.56 Å². The van der Waals surface area contributed by atoms with Crippen LogP contribution in [0.2, 0.25) is 0 Å². The number of phenolic OH excluding ortho intramolecular Hbond substituents is 1. The molecule has 2 aromatic rings. The highest BCUT2D eigenvalue weighted by molar-refractivity contribution is 5.91. The third-order valence-electron chi connectivity index (χ3n) is 8.13. The molecule has 2 fully saturated rings. The SMILES string of the molecule is CN1CC[C@]23C[C@H](N(C)C(=O)/C=C/c4ccoc4)CC[C@]2(O)[C@H]1Cc1ccc(O)cc13. The van der Waals surface area contributed by atoms with Crippen LogP contribution in [-0.2, 0) is 16.6 Å². The Morgan fingerprint density at radius 1 is 1.32 bits per heavy atom. The maximum absolute atomic E-state index is 12.9. The fraction of sp³-hybridized carbons (Fsp3) is 0.480. The summed E-state index contributed by atoms with van der Waals surface area (Å²) in [5, 5.41) is 22.3. The van der Waals surface area contributed by atoms with Crippen molar-refractivity contribution in [1.82, 2.24) is 9.80 Å². The van der Waals surface area contributed by atoms with Crippen molar-refractivity contribution in [3.05, 3.63) is 59.6 Å². The molecule has 1 amide bonds. The molecule has 6 nitrogen and oxygen atoms in total. The molecule has 1 saturated heterocycles. The Morgan fingerprint density at radius 2 is 2.16 bits per heavy atom. The van der Waals surface area contributed by atoms with E-state index in [4.69, 9.17) is 4.42 Å². The van der Waals surface area contributed by atoms with Crippen LogP contribution in [0.15, 0.2) is 47.3 Å². The smallest absolute Gasteiger partial charge is 0.246 e. The highest BCUT2D eigenvalue weighted by atomic mass is 16.3. The number of hydrogen-bond acceptors (Lipinski definition) is 5. The second kappa shape index (κ2) is 7.24. The summed E-state index contributed by atoms with van der Waals surface area (Å²) >= 11 is 0. The number of phenols is 1. The van der Waals surface area contributed by atoms with Crippen LogP contribution in [0.5, 0.6) is 5.75 Å². The summed E-state index contributed by atoms with van der Waals surface area (Å²) in [6.07, 6.45) is 10.2. The second-order valence-electron chi connectivity index (χ2n) is 9.53. The van der Waals surface area contributed by atoms with Crippen LogP contribution in [0.3, 0.4) is 0 Å². The highest BCUT2D eigenvalue weighted by Crippen LogP contribution is 2.58. The van der Waals surface area contributed by atoms with Crippen LogP contribution < -0.4 is 0 Å². The number of carbonyl (C=O) groups excluding carboxylic acids is 1. The molecule has 164 valence electrons. The van der Waals surface area contributed by atoms with Crippen molar-refractivity contribution in [1.29, 1.82) is 0 Å². The fourth-order valence-corrected chi connectivity index (χ4v) is 6.36. The number of nitrogens with zero attached hydrogens (tertiary/aromatic N) is 2. The summed E-state index contributed by atoms with van der Waals surface area (Å²) in [5.74, 6) is 0.187. The van der Waals surface area contributed by atoms with Gasteiger partial charge in [0.25, 0.3) is 0 Å². The fourth-order valence-electron chi connectivity index (χ4n) is 6.36. The summed E-state index contributed by atoms with van der Waals surface area (Å²) < 4.78 is 5.06. The van der Waals surface area contributed by atoms with Gasteiger partial charge in [-0.05, 0) is 81.1 Å². The molecule has 1 aliphatic heterocycles. The summed E-state index contributed by atoms with van der Waals surface area (Å²) in [7, 11) is 3.95. The molecule has 1 aromatic carbocycles. The molecule has 5 rings (SSSR count). The Kier molecular flexibility index (Phi) is 4.75. The molecule has 2 heterocycles. The molecule has 6 heteroatoms. The number of likely N-dealkylation sites (N-methyl/N-ethyl adjacent to an activating group) is 2. The predicted octanol–water partition coefficient (Wildman–Crippen LogP) is 2.94. The van der Waals surface area contributed by atoms with E-state index in [9.17, 15) is 15.0 Å². The van der Waals surface area contributed by atoms with E-state index < -0.39 is 11.0 Å². The van der Waals surface area contributed by atoms with Crippen molar-refractivity contribution in [3.63, 3.8) is 0 Å². The summed E-state index contributed by atoms with van der Waals surface area (Å²) in [5.41, 5.74) is 1.82. The topological polar surface area (TPSA) is 77.2 Å². The number of rotatable bonds is 3. The van der Waals surface area contributed by atoms with Gasteiger partial charge in [-0.15, -0.1) is 0 Å². The number of piperidine rings is 1. The molecule has 4 atom stereocenters. The maximum Gasteiger partial charge on any atom is 0.246 e. The van der Waals surface area contributed by atoms with E-state index in [-0.39, 0.29) is 23.7 Å². The van der Waals surface area contributed by atoms with Gasteiger partial charge in [0.15, 0.2) is 0 Å². The summed E-state index contributed by atoms with van der Waals surface area (Å²) in [6, 6.07) is 7.50. The number of hydrogen-bond donors (Lipinski definition) is 2. The lowest BCUT2D eigenvalue weighted by atomic mass is 9.49. The first-order valence-electron chi connectivity index (χ1n) is 11.1. The van der Waals surface area contributed by atoms with Gasteiger partial charge in [0.1, 0.15) is 5.75 Å². The van der Waals surface area contributed by atoms with Crippen LogP contribution in [-0.4, -0.2) is 64.2 Å². The van der Waals surface area contributed by atoms with Crippen molar-refractivity contribution >= 4 is 12.0 Å². The van der Waals surface area contributed by atoms with Gasteiger partial charge in [-0.3, -0.25) is 4.79 Å². The van der Waals surface area contributed by atoms with E-state index in [0.717, 1.165) is 36.9 Å². The molecule has 3 aliphatic rings. The Labute approximate surface area is 182 Å². The van der Waals surface area contributed by atoms with Crippen molar-refractivity contribution in [2.24, 2.45) is 0 Å². The second-order valence-corrected chi connectivity index (χ2v) is 9.53. The van der Waals surface area contributed by atoms with Crippen LogP contribution in [0.4, 0.5) is 0 Å². The van der Waals surface area contributed by atoms with Crippen LogP contribution in [0.25, 0.3) is 6.08 Å². The quantitative estimate of drug-likeness (QED) is 0.744. The molecule has 0 spiro atoms. The molecular weight excluding hydrogens is 392 g/mol. The van der Waals surface area contributed by atoms with Gasteiger partial charge in [-0.2, -0.15) is 0 Å². The first kappa shape index (κ1) is 20.3. The third-order valence-corrected chi connectivity index (χ3v) is 8.13. The average molecular weight is 423 g/mol. The number of aliphatic hydroxyl groups is 1. The number of likely N-dealkylation sites (tertiary alicyclic amines) is 1. The van der Waals surface area contributed by atoms with Gasteiger partial charge >= 0.3 is 0 Å². The van der Waals surface area contributed by atoms with E-state index in [0.29, 0.717) is 12.8 Å². The van der Waals surface area contributed by atoms with E-state index in [2.05, 4.69) is 11.9 Å². The zero-order chi connectivity index (χ0) is 21.8. The van der Waals surface area contributed by atoms with Crippen molar-refractivity contribution < 1.29 is 19.4 Å². The Balaban J connectivity index is 1.48. The number of amides is 1. The van der Waals surface area contributed by atoms with Crippen molar-refractivity contribution in [2.45, 2.75) is 55.2 Å². The van der Waals surface area contributed by atoms with E-state index in [1.54, 1.807) is 30.7 Å². The van der Waals surface area contributed by atoms with Gasteiger partial charge in [0.2, 0.25) is 5.91 Å². The highest BCUT2D eigenvalue weighted by Gasteiger charge is 2.64. The lowest BCUT2D eigenvalue weighted by Crippen LogP contribution is -2.73. The van der Waals surface area contributed by atoms with Crippen LogP contribution in [0, 0.1) is 0 Å². The predicted molar refractivity (Wildman–Crippen MR) is 118 cm³/mol. The lowest BCUT2D eigenvalue weighted by Gasteiger charge is -2.64. The van der Waals surface area contributed by atoms with Crippen molar-refractivity contribution in [3.8, 4) is 5.75 Å². The number of carbonyl (C=O) groups is 1. The Bertz CT molecular complexity index is 1020. The van der Waals surface area contributed by atoms with Gasteiger partial charge in [-0.1, -0.05) is 6.07 Å². The maximum atomic E-state index is 12.9. The zero-order valence-corrected chi connectivity index (χ0v) is 18.1. The average Bonchev–Trinajstić information content (AvgIpc) is 3.28. The van der Waals surface area contributed by atoms with Gasteiger partial charge in [-0.25, -0.2) is 0 Å². The molecule has 0 unspecified atom stereocenters. The molecule has 0 radical (unpaired) electrons. The van der Waals surface area contributed by atoms with Gasteiger partial charge in [0.05, 0.1) is 18.1 Å². The number of fused-ring (bicyclic) bond motifs is 1. The standard InChI is InChI=1S/C25H30N2O4/c1-26-11-10-24-15-19(27(2)23(29)6-3-17-8-12-31-16-17)7-9-25(24,30)22(26)13-18-4-5-20(28)14-21(18)24/h3-6,8,12,14,16,19,22,28,30H,7,9-11,13,15H2,1-2H3/b6-3+/t19-,22-,24-,25+/m1/s1. The Morgan fingerprint density at radius 3 is 2.94 bits per heavy atom.